The molecule has 2 aliphatic rings. The third-order valence-electron chi connectivity index (χ3n) is 7.61. The van der Waals surface area contributed by atoms with Gasteiger partial charge in [-0.25, -0.2) is 4.98 Å². The number of hydrogen-bond acceptors (Lipinski definition) is 2. The van der Waals surface area contributed by atoms with E-state index in [2.05, 4.69) is 116 Å². The van der Waals surface area contributed by atoms with Gasteiger partial charge in [-0.05, 0) is 65.8 Å². The largest absolute Gasteiger partial charge is 0.310 e. The Hall–Kier alpha value is -3.98. The predicted molar refractivity (Wildman–Crippen MR) is 140 cm³/mol. The SMILES string of the molecule is CC1Cc2c(cccc2C2(C)c3ccccc3-c3nc4ccc(-c5ccccc5)cc4n32)C=N1. The van der Waals surface area contributed by atoms with Crippen LogP contribution in [0.25, 0.3) is 33.5 Å². The van der Waals surface area contributed by atoms with Crippen molar-refractivity contribution < 1.29 is 0 Å². The minimum Gasteiger partial charge on any atom is -0.310 e. The van der Waals surface area contributed by atoms with E-state index in [1.807, 2.05) is 0 Å². The molecule has 0 spiro atoms. The molecule has 7 rings (SSSR count). The van der Waals surface area contributed by atoms with E-state index in [0.29, 0.717) is 0 Å². The summed E-state index contributed by atoms with van der Waals surface area (Å²) in [4.78, 5) is 9.85. The van der Waals surface area contributed by atoms with Gasteiger partial charge in [0, 0.05) is 11.8 Å². The molecule has 0 radical (unpaired) electrons. The summed E-state index contributed by atoms with van der Waals surface area (Å²) >= 11 is 0. The Labute approximate surface area is 199 Å². The van der Waals surface area contributed by atoms with Crippen molar-refractivity contribution in [1.82, 2.24) is 9.55 Å². The van der Waals surface area contributed by atoms with Crippen LogP contribution in [0.4, 0.5) is 0 Å². The van der Waals surface area contributed by atoms with Gasteiger partial charge >= 0.3 is 0 Å². The number of aliphatic imine (C=N–C) groups is 1. The van der Waals surface area contributed by atoms with Crippen LogP contribution in [0.2, 0.25) is 0 Å². The molecule has 0 amide bonds. The molecule has 164 valence electrons. The number of rotatable bonds is 2. The number of hydrogen-bond donors (Lipinski definition) is 0. The van der Waals surface area contributed by atoms with E-state index < -0.39 is 0 Å². The Bertz CT molecular complexity index is 1610. The van der Waals surface area contributed by atoms with Crippen LogP contribution >= 0.6 is 0 Å². The predicted octanol–water partition coefficient (Wildman–Crippen LogP) is 6.86. The second-order valence-electron chi connectivity index (χ2n) is 9.66. The minimum atomic E-state index is -0.355. The molecule has 4 aromatic carbocycles. The highest BCUT2D eigenvalue weighted by Gasteiger charge is 2.44. The van der Waals surface area contributed by atoms with Crippen molar-refractivity contribution in [3.8, 4) is 22.5 Å². The van der Waals surface area contributed by atoms with Gasteiger partial charge in [0.05, 0.1) is 22.6 Å². The number of fused-ring (bicyclic) bond motifs is 6. The second-order valence-corrected chi connectivity index (χ2v) is 9.66. The van der Waals surface area contributed by atoms with Gasteiger partial charge in [-0.15, -0.1) is 0 Å². The number of benzene rings is 4. The van der Waals surface area contributed by atoms with Crippen molar-refractivity contribution in [3.63, 3.8) is 0 Å². The van der Waals surface area contributed by atoms with E-state index in [1.54, 1.807) is 0 Å². The fourth-order valence-corrected chi connectivity index (χ4v) is 5.97. The lowest BCUT2D eigenvalue weighted by molar-refractivity contribution is 0.508. The average molecular weight is 440 g/mol. The first-order valence-electron chi connectivity index (χ1n) is 12.0. The zero-order valence-corrected chi connectivity index (χ0v) is 19.4. The zero-order valence-electron chi connectivity index (χ0n) is 19.4. The Morgan fingerprint density at radius 2 is 1.62 bits per heavy atom. The highest BCUT2D eigenvalue weighted by Crippen LogP contribution is 2.50. The molecule has 1 aromatic heterocycles. The summed E-state index contributed by atoms with van der Waals surface area (Å²) in [6.07, 6.45) is 3.01. The lowest BCUT2D eigenvalue weighted by Crippen LogP contribution is -2.32. The van der Waals surface area contributed by atoms with Crippen molar-refractivity contribution in [1.29, 1.82) is 0 Å². The fourth-order valence-electron chi connectivity index (χ4n) is 5.97. The molecule has 2 unspecified atom stereocenters. The molecule has 3 heterocycles. The quantitative estimate of drug-likeness (QED) is 0.295. The zero-order chi connectivity index (χ0) is 22.9. The normalized spacial score (nSPS) is 20.2. The summed E-state index contributed by atoms with van der Waals surface area (Å²) in [5, 5.41) is 0. The lowest BCUT2D eigenvalue weighted by atomic mass is 9.79. The van der Waals surface area contributed by atoms with E-state index >= 15 is 0 Å². The monoisotopic (exact) mass is 439 g/mol. The number of imidazole rings is 1. The maximum absolute atomic E-state index is 5.15. The van der Waals surface area contributed by atoms with Crippen LogP contribution in [0.5, 0.6) is 0 Å². The van der Waals surface area contributed by atoms with Gasteiger partial charge in [0.25, 0.3) is 0 Å². The molecular weight excluding hydrogens is 414 g/mol. The summed E-state index contributed by atoms with van der Waals surface area (Å²) in [5.74, 6) is 1.05. The van der Waals surface area contributed by atoms with Gasteiger partial charge < -0.3 is 4.57 Å². The first-order chi connectivity index (χ1) is 16.6. The van der Waals surface area contributed by atoms with E-state index in [9.17, 15) is 0 Å². The van der Waals surface area contributed by atoms with Crippen molar-refractivity contribution in [3.05, 3.63) is 113 Å². The van der Waals surface area contributed by atoms with Crippen LogP contribution < -0.4 is 0 Å². The van der Waals surface area contributed by atoms with Crippen LogP contribution in [-0.2, 0) is 12.0 Å². The van der Waals surface area contributed by atoms with Crippen LogP contribution in [0, 0.1) is 0 Å². The van der Waals surface area contributed by atoms with Crippen molar-refractivity contribution in [2.45, 2.75) is 31.8 Å². The number of nitrogens with zero attached hydrogens (tertiary/aromatic N) is 3. The van der Waals surface area contributed by atoms with E-state index in [4.69, 9.17) is 9.98 Å². The molecule has 5 aromatic rings. The van der Waals surface area contributed by atoms with Gasteiger partial charge in [-0.2, -0.15) is 0 Å². The molecule has 2 atom stereocenters. The molecule has 0 saturated heterocycles. The Kier molecular flexibility index (Phi) is 4.02. The summed E-state index contributed by atoms with van der Waals surface area (Å²) in [5.41, 5.74) is 10.8. The van der Waals surface area contributed by atoms with Gasteiger partial charge in [0.2, 0.25) is 0 Å². The molecule has 3 heteroatoms. The molecule has 0 aliphatic carbocycles. The van der Waals surface area contributed by atoms with Gasteiger partial charge in [0.15, 0.2) is 0 Å². The number of aromatic nitrogens is 2. The smallest absolute Gasteiger partial charge is 0.142 e. The van der Waals surface area contributed by atoms with Gasteiger partial charge in [0.1, 0.15) is 5.82 Å². The Balaban J connectivity index is 1.55. The van der Waals surface area contributed by atoms with Crippen molar-refractivity contribution in [2.75, 3.05) is 0 Å². The highest BCUT2D eigenvalue weighted by molar-refractivity contribution is 5.90. The first-order valence-corrected chi connectivity index (χ1v) is 12.0. The summed E-state index contributed by atoms with van der Waals surface area (Å²) in [6.45, 7) is 4.57. The van der Waals surface area contributed by atoms with Gasteiger partial charge in [-0.1, -0.05) is 78.9 Å². The Morgan fingerprint density at radius 3 is 2.50 bits per heavy atom. The third kappa shape index (κ3) is 2.58. The van der Waals surface area contributed by atoms with E-state index in [1.165, 1.54) is 44.5 Å². The summed E-state index contributed by atoms with van der Waals surface area (Å²) < 4.78 is 2.48. The highest BCUT2D eigenvalue weighted by atomic mass is 15.2. The fraction of sp³-hybridized carbons (Fsp3) is 0.161. The second kappa shape index (κ2) is 7.01. The molecule has 34 heavy (non-hydrogen) atoms. The van der Waals surface area contributed by atoms with Crippen LogP contribution in [0.15, 0.2) is 96.0 Å². The molecule has 0 saturated carbocycles. The average Bonchev–Trinajstić information content (AvgIpc) is 3.38. The summed E-state index contributed by atoms with van der Waals surface area (Å²) in [6, 6.07) is 33.0. The maximum Gasteiger partial charge on any atom is 0.142 e. The molecular formula is C31H25N3. The molecule has 2 aliphatic heterocycles. The maximum atomic E-state index is 5.15. The van der Waals surface area contributed by atoms with Gasteiger partial charge in [-0.3, -0.25) is 4.99 Å². The Morgan fingerprint density at radius 1 is 0.824 bits per heavy atom. The minimum absolute atomic E-state index is 0.289. The van der Waals surface area contributed by atoms with Crippen LogP contribution in [0.1, 0.15) is 36.1 Å². The molecule has 3 nitrogen and oxygen atoms in total. The summed E-state index contributed by atoms with van der Waals surface area (Å²) in [7, 11) is 0. The molecule has 0 fully saturated rings. The lowest BCUT2D eigenvalue weighted by Gasteiger charge is -2.34. The standard InChI is InChI=1S/C31H25N3/c1-20-17-25-23(19-32-20)11-8-14-27(25)31(2)26-13-7-6-12-24(26)30-33-28-16-15-22(18-29(28)34(30)31)21-9-4-3-5-10-21/h3-16,18-20H,17H2,1-2H3. The van der Waals surface area contributed by atoms with E-state index in [0.717, 1.165) is 17.8 Å². The first kappa shape index (κ1) is 19.5. The van der Waals surface area contributed by atoms with Crippen molar-refractivity contribution >= 4 is 17.2 Å². The topological polar surface area (TPSA) is 30.2 Å². The van der Waals surface area contributed by atoms with Crippen molar-refractivity contribution in [2.24, 2.45) is 4.99 Å². The third-order valence-corrected chi connectivity index (χ3v) is 7.61. The van der Waals surface area contributed by atoms with E-state index in [-0.39, 0.29) is 11.6 Å². The molecule has 0 N–H and O–H groups in total. The van der Waals surface area contributed by atoms with Crippen LogP contribution in [-0.4, -0.2) is 21.8 Å². The molecule has 0 bridgehead atoms. The van der Waals surface area contributed by atoms with Crippen LogP contribution in [0.3, 0.4) is 0 Å².